The summed E-state index contributed by atoms with van der Waals surface area (Å²) in [6.45, 7) is 2.98. The second-order valence-electron chi connectivity index (χ2n) is 7.20. The highest BCUT2D eigenvalue weighted by atomic mass is 16.2. The molecule has 1 aliphatic heterocycles. The smallest absolute Gasteiger partial charge is 0.317 e. The molecule has 140 valence electrons. The highest BCUT2D eigenvalue weighted by Crippen LogP contribution is 2.18. The summed E-state index contributed by atoms with van der Waals surface area (Å²) in [5, 5.41) is 11.2. The predicted molar refractivity (Wildman–Crippen MR) is 106 cm³/mol. The van der Waals surface area contributed by atoms with Gasteiger partial charge in [0.05, 0.1) is 11.7 Å². The number of aromatic amines is 1. The highest BCUT2D eigenvalue weighted by molar-refractivity contribution is 5.82. The van der Waals surface area contributed by atoms with E-state index in [-0.39, 0.29) is 6.03 Å². The number of nitrogens with zero attached hydrogens (tertiary/aromatic N) is 3. The molecule has 1 fully saturated rings. The Labute approximate surface area is 159 Å². The Balaban J connectivity index is 1.30. The molecule has 1 saturated heterocycles. The van der Waals surface area contributed by atoms with Gasteiger partial charge in [-0.15, -0.1) is 0 Å². The number of carbonyl (C=O) groups is 1. The van der Waals surface area contributed by atoms with Crippen molar-refractivity contribution in [3.8, 4) is 0 Å². The third kappa shape index (κ3) is 3.95. The van der Waals surface area contributed by atoms with Gasteiger partial charge in [-0.1, -0.05) is 42.5 Å². The first kappa shape index (κ1) is 17.5. The highest BCUT2D eigenvalue weighted by Gasteiger charge is 2.28. The zero-order chi connectivity index (χ0) is 18.6. The van der Waals surface area contributed by atoms with Gasteiger partial charge in [0.1, 0.15) is 0 Å². The Bertz CT molecular complexity index is 907. The summed E-state index contributed by atoms with van der Waals surface area (Å²) in [6, 6.07) is 16.9. The number of benzene rings is 2. The lowest BCUT2D eigenvalue weighted by Gasteiger charge is -2.25. The number of likely N-dealkylation sites (N-methyl/N-ethyl adjacent to an activating group) is 1. The number of urea groups is 1. The summed E-state index contributed by atoms with van der Waals surface area (Å²) < 4.78 is 0. The summed E-state index contributed by atoms with van der Waals surface area (Å²) >= 11 is 0. The number of aromatic nitrogens is 2. The van der Waals surface area contributed by atoms with Crippen molar-refractivity contribution in [2.24, 2.45) is 0 Å². The number of likely N-dealkylation sites (tertiary alicyclic amines) is 1. The van der Waals surface area contributed by atoms with Crippen molar-refractivity contribution in [1.29, 1.82) is 0 Å². The Kier molecular flexibility index (Phi) is 5.07. The number of fused-ring (bicyclic) bond motifs is 1. The molecule has 0 bridgehead atoms. The second kappa shape index (κ2) is 7.80. The minimum atomic E-state index is 0.00566. The molecule has 3 aromatic rings. The van der Waals surface area contributed by atoms with E-state index in [1.54, 1.807) is 6.20 Å². The molecule has 4 rings (SSSR count). The van der Waals surface area contributed by atoms with Crippen molar-refractivity contribution < 1.29 is 4.79 Å². The Morgan fingerprint density at radius 1 is 1.26 bits per heavy atom. The van der Waals surface area contributed by atoms with Crippen LogP contribution in [0, 0.1) is 0 Å². The maximum absolute atomic E-state index is 12.6. The number of hydrogen-bond donors (Lipinski definition) is 2. The lowest BCUT2D eigenvalue weighted by molar-refractivity contribution is 0.197. The molecule has 6 heteroatoms. The van der Waals surface area contributed by atoms with Crippen LogP contribution in [0.15, 0.2) is 54.7 Å². The van der Waals surface area contributed by atoms with Crippen LogP contribution in [0.1, 0.15) is 17.5 Å². The van der Waals surface area contributed by atoms with E-state index in [1.807, 2.05) is 29.2 Å². The Morgan fingerprint density at radius 2 is 2.11 bits per heavy atom. The number of nitrogens with one attached hydrogen (secondary N) is 2. The maximum atomic E-state index is 12.6. The molecule has 0 aliphatic carbocycles. The van der Waals surface area contributed by atoms with E-state index in [1.165, 1.54) is 5.56 Å². The monoisotopic (exact) mass is 363 g/mol. The van der Waals surface area contributed by atoms with Gasteiger partial charge in [-0.05, 0) is 30.7 Å². The third-order valence-electron chi connectivity index (χ3n) is 5.35. The predicted octanol–water partition coefficient (Wildman–Crippen LogP) is 2.98. The lowest BCUT2D eigenvalue weighted by atomic mass is 10.1. The summed E-state index contributed by atoms with van der Waals surface area (Å²) in [4.78, 5) is 16.9. The van der Waals surface area contributed by atoms with Crippen molar-refractivity contribution in [3.05, 3.63) is 65.9 Å². The van der Waals surface area contributed by atoms with Crippen LogP contribution >= 0.6 is 0 Å². The van der Waals surface area contributed by atoms with Gasteiger partial charge < -0.3 is 10.2 Å². The van der Waals surface area contributed by atoms with Crippen molar-refractivity contribution in [2.75, 3.05) is 20.1 Å². The maximum Gasteiger partial charge on any atom is 0.317 e. The van der Waals surface area contributed by atoms with Gasteiger partial charge in [0, 0.05) is 37.6 Å². The van der Waals surface area contributed by atoms with Gasteiger partial charge in [-0.3, -0.25) is 10.00 Å². The summed E-state index contributed by atoms with van der Waals surface area (Å²) in [5.74, 6) is 0. The van der Waals surface area contributed by atoms with Gasteiger partial charge in [-0.2, -0.15) is 5.10 Å². The fourth-order valence-electron chi connectivity index (χ4n) is 3.75. The van der Waals surface area contributed by atoms with Crippen LogP contribution in [0.3, 0.4) is 0 Å². The molecule has 2 amide bonds. The van der Waals surface area contributed by atoms with E-state index in [0.717, 1.165) is 42.5 Å². The van der Waals surface area contributed by atoms with Crippen LogP contribution in [-0.4, -0.2) is 52.2 Å². The number of amides is 2. The van der Waals surface area contributed by atoms with E-state index in [2.05, 4.69) is 51.7 Å². The molecule has 2 aromatic carbocycles. The molecular weight excluding hydrogens is 338 g/mol. The largest absolute Gasteiger partial charge is 0.334 e. The van der Waals surface area contributed by atoms with Crippen molar-refractivity contribution in [2.45, 2.75) is 25.6 Å². The SMILES string of the molecule is CN(Cc1ccccc1)C1CCN(C(=O)NCc2cccc3[nH]ncc23)C1. The van der Waals surface area contributed by atoms with Gasteiger partial charge in [0.15, 0.2) is 0 Å². The quantitative estimate of drug-likeness (QED) is 0.732. The fraction of sp³-hybridized carbons (Fsp3) is 0.333. The molecule has 27 heavy (non-hydrogen) atoms. The summed E-state index contributed by atoms with van der Waals surface area (Å²) in [7, 11) is 2.14. The van der Waals surface area contributed by atoms with E-state index in [0.29, 0.717) is 12.6 Å². The molecule has 1 unspecified atom stereocenters. The van der Waals surface area contributed by atoms with E-state index in [9.17, 15) is 4.79 Å². The van der Waals surface area contributed by atoms with Gasteiger partial charge in [-0.25, -0.2) is 4.79 Å². The van der Waals surface area contributed by atoms with Crippen LogP contribution in [0.5, 0.6) is 0 Å². The number of H-pyrrole nitrogens is 1. The minimum Gasteiger partial charge on any atom is -0.334 e. The van der Waals surface area contributed by atoms with Gasteiger partial charge in [0.2, 0.25) is 0 Å². The normalized spacial score (nSPS) is 17.0. The molecule has 0 radical (unpaired) electrons. The molecule has 1 atom stereocenters. The average molecular weight is 363 g/mol. The van der Waals surface area contributed by atoms with E-state index >= 15 is 0 Å². The molecule has 1 aromatic heterocycles. The molecule has 0 spiro atoms. The summed E-state index contributed by atoms with van der Waals surface area (Å²) in [6.07, 6.45) is 2.81. The number of hydrogen-bond acceptors (Lipinski definition) is 3. The fourth-order valence-corrected chi connectivity index (χ4v) is 3.75. The van der Waals surface area contributed by atoms with E-state index in [4.69, 9.17) is 0 Å². The molecule has 1 aliphatic rings. The van der Waals surface area contributed by atoms with Crippen LogP contribution in [0.2, 0.25) is 0 Å². The topological polar surface area (TPSA) is 64.3 Å². The van der Waals surface area contributed by atoms with Crippen molar-refractivity contribution in [1.82, 2.24) is 25.3 Å². The van der Waals surface area contributed by atoms with Crippen molar-refractivity contribution in [3.63, 3.8) is 0 Å². The minimum absolute atomic E-state index is 0.00566. The second-order valence-corrected chi connectivity index (χ2v) is 7.20. The molecular formula is C21H25N5O. The van der Waals surface area contributed by atoms with Gasteiger partial charge in [0.25, 0.3) is 0 Å². The first-order valence-corrected chi connectivity index (χ1v) is 9.38. The standard InChI is InChI=1S/C21H25N5O/c1-25(14-16-6-3-2-4-7-16)18-10-11-26(15-18)21(27)22-12-17-8-5-9-20-19(17)13-23-24-20/h2-9,13,18H,10-12,14-15H2,1H3,(H,22,27)(H,23,24). The van der Waals surface area contributed by atoms with Crippen molar-refractivity contribution >= 4 is 16.9 Å². The zero-order valence-electron chi connectivity index (χ0n) is 15.6. The average Bonchev–Trinajstić information content (AvgIpc) is 3.36. The van der Waals surface area contributed by atoms with Gasteiger partial charge >= 0.3 is 6.03 Å². The van der Waals surface area contributed by atoms with Crippen LogP contribution in [-0.2, 0) is 13.1 Å². The third-order valence-corrected chi connectivity index (χ3v) is 5.35. The molecule has 2 heterocycles. The lowest BCUT2D eigenvalue weighted by Crippen LogP contribution is -2.40. The molecule has 2 N–H and O–H groups in total. The van der Waals surface area contributed by atoms with E-state index < -0.39 is 0 Å². The zero-order valence-corrected chi connectivity index (χ0v) is 15.6. The molecule has 0 saturated carbocycles. The van der Waals surface area contributed by atoms with Crippen LogP contribution in [0.4, 0.5) is 4.79 Å². The summed E-state index contributed by atoms with van der Waals surface area (Å²) in [5.41, 5.74) is 3.37. The first-order valence-electron chi connectivity index (χ1n) is 9.38. The Hall–Kier alpha value is -2.86. The van der Waals surface area contributed by atoms with Crippen LogP contribution < -0.4 is 5.32 Å². The Morgan fingerprint density at radius 3 is 2.96 bits per heavy atom. The van der Waals surface area contributed by atoms with Crippen LogP contribution in [0.25, 0.3) is 10.9 Å². The number of rotatable bonds is 5. The number of carbonyl (C=O) groups excluding carboxylic acids is 1. The first-order chi connectivity index (χ1) is 13.2. The molecule has 6 nitrogen and oxygen atoms in total.